The van der Waals surface area contributed by atoms with Crippen LogP contribution in [-0.4, -0.2) is 23.9 Å². The molecule has 0 aliphatic carbocycles. The smallest absolute Gasteiger partial charge is 0.239 e. The van der Waals surface area contributed by atoms with E-state index in [0.717, 1.165) is 16.5 Å². The van der Waals surface area contributed by atoms with Crippen LogP contribution in [0.4, 0.5) is 5.69 Å². The highest BCUT2D eigenvalue weighted by molar-refractivity contribution is 6.13. The van der Waals surface area contributed by atoms with Crippen molar-refractivity contribution in [2.45, 2.75) is 32.7 Å². The summed E-state index contributed by atoms with van der Waals surface area (Å²) in [4.78, 5) is 26.8. The first kappa shape index (κ1) is 15.5. The third-order valence-electron chi connectivity index (χ3n) is 4.08. The number of fused-ring (bicyclic) bond motifs is 1. The van der Waals surface area contributed by atoms with Gasteiger partial charge in [-0.3, -0.25) is 9.59 Å². The SMILES string of the molecule is CC(C)(C)NC(=O)C1CCN(c2cccc3ccccc23)C1=O. The Labute approximate surface area is 136 Å². The van der Waals surface area contributed by atoms with E-state index in [-0.39, 0.29) is 17.4 Å². The second kappa shape index (κ2) is 5.69. The van der Waals surface area contributed by atoms with Crippen LogP contribution < -0.4 is 10.2 Å². The zero-order chi connectivity index (χ0) is 16.6. The average Bonchev–Trinajstić information content (AvgIpc) is 2.86. The molecule has 0 bridgehead atoms. The van der Waals surface area contributed by atoms with Gasteiger partial charge in [0.2, 0.25) is 11.8 Å². The number of amides is 2. The maximum atomic E-state index is 12.7. The molecule has 1 heterocycles. The van der Waals surface area contributed by atoms with E-state index in [9.17, 15) is 9.59 Å². The van der Waals surface area contributed by atoms with Gasteiger partial charge < -0.3 is 10.2 Å². The van der Waals surface area contributed by atoms with Crippen LogP contribution in [-0.2, 0) is 9.59 Å². The van der Waals surface area contributed by atoms with Crippen molar-refractivity contribution >= 4 is 28.3 Å². The van der Waals surface area contributed by atoms with Crippen LogP contribution in [0.1, 0.15) is 27.2 Å². The maximum Gasteiger partial charge on any atom is 0.239 e. The summed E-state index contributed by atoms with van der Waals surface area (Å²) in [5, 5.41) is 5.05. The zero-order valence-electron chi connectivity index (χ0n) is 13.8. The molecule has 4 heteroatoms. The highest BCUT2D eigenvalue weighted by Crippen LogP contribution is 2.31. The van der Waals surface area contributed by atoms with E-state index in [2.05, 4.69) is 5.32 Å². The molecule has 1 aliphatic rings. The molecule has 2 aromatic carbocycles. The fraction of sp³-hybridized carbons (Fsp3) is 0.368. The molecular weight excluding hydrogens is 288 g/mol. The van der Waals surface area contributed by atoms with Crippen molar-refractivity contribution in [1.82, 2.24) is 5.32 Å². The first-order valence-electron chi connectivity index (χ1n) is 7.98. The Hall–Kier alpha value is -2.36. The van der Waals surface area contributed by atoms with Crippen molar-refractivity contribution in [2.75, 3.05) is 11.4 Å². The van der Waals surface area contributed by atoms with Gasteiger partial charge in [-0.15, -0.1) is 0 Å². The summed E-state index contributed by atoms with van der Waals surface area (Å²) in [6, 6.07) is 13.9. The predicted octanol–water partition coefficient (Wildman–Crippen LogP) is 3.11. The molecule has 0 aromatic heterocycles. The van der Waals surface area contributed by atoms with Crippen molar-refractivity contribution in [3.8, 4) is 0 Å². The van der Waals surface area contributed by atoms with Gasteiger partial charge in [0.05, 0.1) is 5.69 Å². The molecule has 2 amide bonds. The Morgan fingerprint density at radius 1 is 1.13 bits per heavy atom. The number of carbonyl (C=O) groups is 2. The Morgan fingerprint density at radius 2 is 1.83 bits per heavy atom. The minimum Gasteiger partial charge on any atom is -0.351 e. The van der Waals surface area contributed by atoms with Crippen LogP contribution in [0, 0.1) is 5.92 Å². The third kappa shape index (κ3) is 3.07. The van der Waals surface area contributed by atoms with Crippen molar-refractivity contribution in [3.05, 3.63) is 42.5 Å². The van der Waals surface area contributed by atoms with Gasteiger partial charge in [-0.1, -0.05) is 36.4 Å². The molecule has 2 aromatic rings. The average molecular weight is 310 g/mol. The topological polar surface area (TPSA) is 49.4 Å². The summed E-state index contributed by atoms with van der Waals surface area (Å²) in [5.41, 5.74) is 0.559. The molecule has 1 atom stereocenters. The second-order valence-electron chi connectivity index (χ2n) is 7.07. The van der Waals surface area contributed by atoms with Crippen molar-refractivity contribution < 1.29 is 9.59 Å². The monoisotopic (exact) mass is 310 g/mol. The van der Waals surface area contributed by atoms with Crippen LogP contribution in [0.2, 0.25) is 0 Å². The van der Waals surface area contributed by atoms with Crippen molar-refractivity contribution in [2.24, 2.45) is 5.92 Å². The highest BCUT2D eigenvalue weighted by Gasteiger charge is 2.38. The number of hydrogen-bond acceptors (Lipinski definition) is 2. The number of nitrogens with zero attached hydrogens (tertiary/aromatic N) is 1. The molecule has 1 aliphatic heterocycles. The standard InChI is InChI=1S/C19H22N2O2/c1-19(2,3)20-17(22)15-11-12-21(18(15)23)16-10-6-8-13-7-4-5-9-14(13)16/h4-10,15H,11-12H2,1-3H3,(H,20,22). The number of hydrogen-bond donors (Lipinski definition) is 1. The van der Waals surface area contributed by atoms with E-state index in [1.807, 2.05) is 63.2 Å². The predicted molar refractivity (Wildman–Crippen MR) is 92.3 cm³/mol. The fourth-order valence-electron chi connectivity index (χ4n) is 3.06. The summed E-state index contributed by atoms with van der Waals surface area (Å²) in [6.45, 7) is 6.35. The summed E-state index contributed by atoms with van der Waals surface area (Å²) < 4.78 is 0. The zero-order valence-corrected chi connectivity index (χ0v) is 13.8. The molecule has 1 N–H and O–H groups in total. The van der Waals surface area contributed by atoms with Gasteiger partial charge in [0, 0.05) is 17.5 Å². The molecule has 23 heavy (non-hydrogen) atoms. The quantitative estimate of drug-likeness (QED) is 0.867. The minimum absolute atomic E-state index is 0.108. The van der Waals surface area contributed by atoms with Gasteiger partial charge in [-0.05, 0) is 38.6 Å². The minimum atomic E-state index is -0.590. The van der Waals surface area contributed by atoms with E-state index in [4.69, 9.17) is 0 Å². The van der Waals surface area contributed by atoms with Crippen LogP contribution in [0.3, 0.4) is 0 Å². The molecule has 4 nitrogen and oxygen atoms in total. The molecule has 0 radical (unpaired) electrons. The molecular formula is C19H22N2O2. The van der Waals surface area contributed by atoms with E-state index in [1.54, 1.807) is 4.90 Å². The van der Waals surface area contributed by atoms with Gasteiger partial charge in [0.1, 0.15) is 5.92 Å². The summed E-state index contributed by atoms with van der Waals surface area (Å²) in [7, 11) is 0. The van der Waals surface area contributed by atoms with Gasteiger partial charge in [0.25, 0.3) is 0 Å². The molecule has 1 fully saturated rings. The highest BCUT2D eigenvalue weighted by atomic mass is 16.2. The Morgan fingerprint density at radius 3 is 2.57 bits per heavy atom. The van der Waals surface area contributed by atoms with Crippen LogP contribution in [0.15, 0.2) is 42.5 Å². The number of rotatable bonds is 2. The van der Waals surface area contributed by atoms with Gasteiger partial charge in [-0.25, -0.2) is 0 Å². The normalized spacial score (nSPS) is 18.5. The summed E-state index contributed by atoms with van der Waals surface area (Å²) in [5.74, 6) is -0.874. The molecule has 0 spiro atoms. The molecule has 120 valence electrons. The number of anilines is 1. The van der Waals surface area contributed by atoms with Crippen molar-refractivity contribution in [3.63, 3.8) is 0 Å². The van der Waals surface area contributed by atoms with Gasteiger partial charge >= 0.3 is 0 Å². The summed E-state index contributed by atoms with van der Waals surface area (Å²) in [6.07, 6.45) is 0.559. The number of carbonyl (C=O) groups excluding carboxylic acids is 2. The maximum absolute atomic E-state index is 12.7. The lowest BCUT2D eigenvalue weighted by atomic mass is 10.0. The first-order chi connectivity index (χ1) is 10.9. The first-order valence-corrected chi connectivity index (χ1v) is 7.98. The third-order valence-corrected chi connectivity index (χ3v) is 4.08. The number of nitrogens with one attached hydrogen (secondary N) is 1. The lowest BCUT2D eigenvalue weighted by Crippen LogP contribution is -2.45. The van der Waals surface area contributed by atoms with Gasteiger partial charge in [0.15, 0.2) is 0 Å². The molecule has 0 saturated carbocycles. The Balaban J connectivity index is 1.88. The molecule has 1 unspecified atom stereocenters. The fourth-order valence-corrected chi connectivity index (χ4v) is 3.06. The largest absolute Gasteiger partial charge is 0.351 e. The van der Waals surface area contributed by atoms with Crippen LogP contribution in [0.5, 0.6) is 0 Å². The summed E-state index contributed by atoms with van der Waals surface area (Å²) >= 11 is 0. The van der Waals surface area contributed by atoms with E-state index in [0.29, 0.717) is 13.0 Å². The number of benzene rings is 2. The second-order valence-corrected chi connectivity index (χ2v) is 7.07. The van der Waals surface area contributed by atoms with E-state index < -0.39 is 5.92 Å². The van der Waals surface area contributed by atoms with Crippen LogP contribution >= 0.6 is 0 Å². The molecule has 1 saturated heterocycles. The molecule has 3 rings (SSSR count). The lowest BCUT2D eigenvalue weighted by molar-refractivity contribution is -0.133. The lowest BCUT2D eigenvalue weighted by Gasteiger charge is -2.23. The van der Waals surface area contributed by atoms with Crippen LogP contribution in [0.25, 0.3) is 10.8 Å². The van der Waals surface area contributed by atoms with E-state index >= 15 is 0 Å². The van der Waals surface area contributed by atoms with Gasteiger partial charge in [-0.2, -0.15) is 0 Å². The Bertz CT molecular complexity index is 756. The van der Waals surface area contributed by atoms with Crippen molar-refractivity contribution in [1.29, 1.82) is 0 Å². The Kier molecular flexibility index (Phi) is 3.84. The van der Waals surface area contributed by atoms with E-state index in [1.165, 1.54) is 0 Å².